The second kappa shape index (κ2) is 10.5. The number of aliphatic carboxylic acids is 1. The summed E-state index contributed by atoms with van der Waals surface area (Å²) in [5.74, 6) is -0.213. The van der Waals surface area contributed by atoms with Crippen LogP contribution in [0.4, 0.5) is 0 Å². The summed E-state index contributed by atoms with van der Waals surface area (Å²) in [5, 5.41) is 11.5. The minimum atomic E-state index is -0.832. The number of likely N-dealkylation sites (tertiary alicyclic amines) is 1. The van der Waals surface area contributed by atoms with Gasteiger partial charge in [0.05, 0.1) is 6.61 Å². The second-order valence-electron chi connectivity index (χ2n) is 6.70. The number of carboxylic acid groups (broad SMARTS) is 1. The summed E-state index contributed by atoms with van der Waals surface area (Å²) in [4.78, 5) is 36.7. The van der Waals surface area contributed by atoms with Crippen LogP contribution in [-0.4, -0.2) is 47.0 Å². The van der Waals surface area contributed by atoms with E-state index in [0.717, 1.165) is 18.4 Å². The lowest BCUT2D eigenvalue weighted by Gasteiger charge is -2.24. The molecular formula is C20H28N2O5. The van der Waals surface area contributed by atoms with E-state index in [0.29, 0.717) is 44.7 Å². The molecule has 0 bridgehead atoms. The van der Waals surface area contributed by atoms with Crippen molar-refractivity contribution < 1.29 is 24.2 Å². The number of carbonyl (C=O) groups excluding carboxylic acids is 2. The molecule has 1 saturated heterocycles. The van der Waals surface area contributed by atoms with Gasteiger partial charge in [0.2, 0.25) is 11.8 Å². The number of hydrogen-bond acceptors (Lipinski definition) is 4. The molecule has 2 amide bonds. The van der Waals surface area contributed by atoms with Gasteiger partial charge in [-0.3, -0.25) is 14.4 Å². The van der Waals surface area contributed by atoms with E-state index >= 15 is 0 Å². The third-order valence-corrected chi connectivity index (χ3v) is 4.53. The van der Waals surface area contributed by atoms with Crippen LogP contribution in [0.25, 0.3) is 0 Å². The highest BCUT2D eigenvalue weighted by molar-refractivity contribution is 5.88. The van der Waals surface area contributed by atoms with Crippen molar-refractivity contribution in [1.82, 2.24) is 10.2 Å². The number of nitrogens with one attached hydrogen (secondary N) is 1. The van der Waals surface area contributed by atoms with Gasteiger partial charge in [-0.05, 0) is 43.4 Å². The van der Waals surface area contributed by atoms with Gasteiger partial charge in [0.25, 0.3) is 0 Å². The molecule has 0 aromatic heterocycles. The van der Waals surface area contributed by atoms with E-state index in [2.05, 4.69) is 5.32 Å². The first-order chi connectivity index (χ1) is 13.0. The lowest BCUT2D eigenvalue weighted by molar-refractivity contribution is -0.138. The summed E-state index contributed by atoms with van der Waals surface area (Å²) in [6.45, 7) is 3.36. The zero-order valence-electron chi connectivity index (χ0n) is 15.8. The van der Waals surface area contributed by atoms with E-state index in [1.165, 1.54) is 0 Å². The highest BCUT2D eigenvalue weighted by atomic mass is 16.5. The summed E-state index contributed by atoms with van der Waals surface area (Å²) in [6.07, 6.45) is 3.39. The van der Waals surface area contributed by atoms with Crippen LogP contribution in [0.2, 0.25) is 0 Å². The number of carbonyl (C=O) groups is 3. The lowest BCUT2D eigenvalue weighted by atomic mass is 10.1. The summed E-state index contributed by atoms with van der Waals surface area (Å²) in [5.41, 5.74) is 0.936. The molecule has 0 saturated carbocycles. The number of carboxylic acids is 1. The van der Waals surface area contributed by atoms with Crippen LogP contribution >= 0.6 is 0 Å². The van der Waals surface area contributed by atoms with Crippen molar-refractivity contribution in [2.75, 3.05) is 13.2 Å². The largest absolute Gasteiger partial charge is 0.494 e. The first-order valence-electron chi connectivity index (χ1n) is 9.52. The van der Waals surface area contributed by atoms with E-state index in [1.807, 2.05) is 19.1 Å². The molecule has 7 nitrogen and oxygen atoms in total. The zero-order chi connectivity index (χ0) is 19.6. The minimum absolute atomic E-state index is 0.0551. The van der Waals surface area contributed by atoms with Crippen LogP contribution in [0.5, 0.6) is 5.75 Å². The third kappa shape index (κ3) is 6.58. The second-order valence-corrected chi connectivity index (χ2v) is 6.70. The van der Waals surface area contributed by atoms with E-state index < -0.39 is 5.97 Å². The molecule has 1 aliphatic heterocycles. The fraction of sp³-hybridized carbons (Fsp3) is 0.550. The fourth-order valence-electron chi connectivity index (χ4n) is 3.12. The van der Waals surface area contributed by atoms with Crippen molar-refractivity contribution >= 4 is 17.8 Å². The molecule has 1 atom stereocenters. The molecule has 148 valence electrons. The Bertz CT molecular complexity index is 644. The van der Waals surface area contributed by atoms with E-state index in [4.69, 9.17) is 9.84 Å². The van der Waals surface area contributed by atoms with Gasteiger partial charge in [0, 0.05) is 25.9 Å². The molecule has 2 rings (SSSR count). The molecule has 1 heterocycles. The monoisotopic (exact) mass is 376 g/mol. The van der Waals surface area contributed by atoms with Gasteiger partial charge in [-0.25, -0.2) is 0 Å². The molecule has 27 heavy (non-hydrogen) atoms. The normalized spacial score (nSPS) is 16.2. The van der Waals surface area contributed by atoms with E-state index in [9.17, 15) is 14.4 Å². The smallest absolute Gasteiger partial charge is 0.303 e. The van der Waals surface area contributed by atoms with Crippen LogP contribution in [0.1, 0.15) is 51.0 Å². The van der Waals surface area contributed by atoms with Gasteiger partial charge < -0.3 is 20.1 Å². The Labute approximate surface area is 159 Å². The number of benzene rings is 1. The molecular weight excluding hydrogens is 348 g/mol. The topological polar surface area (TPSA) is 95.9 Å². The molecule has 1 fully saturated rings. The highest BCUT2D eigenvalue weighted by Gasteiger charge is 2.33. The Balaban J connectivity index is 1.77. The average Bonchev–Trinajstić information content (AvgIpc) is 3.14. The SMILES string of the molecule is CCCC(=O)N1CCCC1C(=O)NCc1ccc(OCCCC(=O)O)cc1. The summed E-state index contributed by atoms with van der Waals surface area (Å²) < 4.78 is 5.49. The summed E-state index contributed by atoms with van der Waals surface area (Å²) in [6, 6.07) is 6.97. The van der Waals surface area contributed by atoms with Crippen molar-refractivity contribution in [3.63, 3.8) is 0 Å². The quantitative estimate of drug-likeness (QED) is 0.611. The van der Waals surface area contributed by atoms with E-state index in [-0.39, 0.29) is 24.3 Å². The van der Waals surface area contributed by atoms with E-state index in [1.54, 1.807) is 17.0 Å². The van der Waals surface area contributed by atoms with Gasteiger partial charge in [0.15, 0.2) is 0 Å². The average molecular weight is 376 g/mol. The predicted octanol–water partition coefficient (Wildman–Crippen LogP) is 2.34. The number of nitrogens with zero attached hydrogens (tertiary/aromatic N) is 1. The summed E-state index contributed by atoms with van der Waals surface area (Å²) in [7, 11) is 0. The maximum absolute atomic E-state index is 12.5. The Morgan fingerprint density at radius 2 is 1.96 bits per heavy atom. The fourth-order valence-corrected chi connectivity index (χ4v) is 3.12. The Morgan fingerprint density at radius 1 is 1.22 bits per heavy atom. The summed E-state index contributed by atoms with van der Waals surface area (Å²) >= 11 is 0. The Hall–Kier alpha value is -2.57. The van der Waals surface area contributed by atoms with Crippen LogP contribution in [0, 0.1) is 0 Å². The van der Waals surface area contributed by atoms with Crippen LogP contribution in [0.15, 0.2) is 24.3 Å². The molecule has 7 heteroatoms. The van der Waals surface area contributed by atoms with Crippen molar-refractivity contribution in [2.45, 2.75) is 58.0 Å². The lowest BCUT2D eigenvalue weighted by Crippen LogP contribution is -2.45. The first kappa shape index (κ1) is 20.7. The maximum Gasteiger partial charge on any atom is 0.303 e. The minimum Gasteiger partial charge on any atom is -0.494 e. The first-order valence-corrected chi connectivity index (χ1v) is 9.52. The van der Waals surface area contributed by atoms with Crippen LogP contribution < -0.4 is 10.1 Å². The molecule has 0 spiro atoms. The van der Waals surface area contributed by atoms with Crippen LogP contribution in [-0.2, 0) is 20.9 Å². The number of rotatable bonds is 10. The molecule has 1 unspecified atom stereocenters. The van der Waals surface area contributed by atoms with Crippen molar-refractivity contribution in [2.24, 2.45) is 0 Å². The predicted molar refractivity (Wildman–Crippen MR) is 100 cm³/mol. The Kier molecular flexibility index (Phi) is 8.10. The third-order valence-electron chi connectivity index (χ3n) is 4.53. The molecule has 0 aliphatic carbocycles. The molecule has 1 aliphatic rings. The number of ether oxygens (including phenoxy) is 1. The van der Waals surface area contributed by atoms with Gasteiger partial charge >= 0.3 is 5.97 Å². The molecule has 0 radical (unpaired) electrons. The van der Waals surface area contributed by atoms with Gasteiger partial charge in [-0.15, -0.1) is 0 Å². The van der Waals surface area contributed by atoms with Gasteiger partial charge in [0.1, 0.15) is 11.8 Å². The van der Waals surface area contributed by atoms with Crippen molar-refractivity contribution in [1.29, 1.82) is 0 Å². The van der Waals surface area contributed by atoms with Crippen molar-refractivity contribution in [3.05, 3.63) is 29.8 Å². The van der Waals surface area contributed by atoms with Crippen LogP contribution in [0.3, 0.4) is 0 Å². The molecule has 1 aromatic carbocycles. The number of hydrogen-bond donors (Lipinski definition) is 2. The maximum atomic E-state index is 12.5. The van der Waals surface area contributed by atoms with Gasteiger partial charge in [-0.2, -0.15) is 0 Å². The standard InChI is InChI=1S/C20H28N2O5/c1-2-5-18(23)22-12-3-6-17(22)20(26)21-14-15-8-10-16(11-9-15)27-13-4-7-19(24)25/h8-11,17H,2-7,12-14H2,1H3,(H,21,26)(H,24,25). The van der Waals surface area contributed by atoms with Crippen molar-refractivity contribution in [3.8, 4) is 5.75 Å². The molecule has 1 aromatic rings. The molecule has 2 N–H and O–H groups in total. The highest BCUT2D eigenvalue weighted by Crippen LogP contribution is 2.19. The number of amides is 2. The zero-order valence-corrected chi connectivity index (χ0v) is 15.8. The van der Waals surface area contributed by atoms with Gasteiger partial charge in [-0.1, -0.05) is 19.1 Å². The Morgan fingerprint density at radius 3 is 2.63 bits per heavy atom.